The summed E-state index contributed by atoms with van der Waals surface area (Å²) in [7, 11) is 3.13. The number of carbonyl (C=O) groups excluding carboxylic acids is 2. The Balaban J connectivity index is 1.64. The molecule has 35 heavy (non-hydrogen) atoms. The fraction of sp³-hybridized carbons (Fsp3) is 0.375. The van der Waals surface area contributed by atoms with Crippen LogP contribution in [0.1, 0.15) is 11.8 Å². The number of ether oxygens (including phenoxy) is 3. The smallest absolute Gasteiger partial charge is 0.325 e. The normalized spacial score (nSPS) is 13.9. The van der Waals surface area contributed by atoms with Gasteiger partial charge in [-0.15, -0.1) is 11.3 Å². The molecule has 0 spiro atoms. The average Bonchev–Trinajstić information content (AvgIpc) is 3.30. The number of anilines is 1. The highest BCUT2D eigenvalue weighted by Gasteiger charge is 2.20. The largest absolute Gasteiger partial charge is 0.481 e. The van der Waals surface area contributed by atoms with Crippen LogP contribution >= 0.6 is 11.3 Å². The number of likely N-dealkylation sites (N-methyl/N-ethyl adjacent to an activating group) is 1. The van der Waals surface area contributed by atoms with Gasteiger partial charge in [-0.25, -0.2) is 15.0 Å². The lowest BCUT2D eigenvalue weighted by atomic mass is 10.2. The summed E-state index contributed by atoms with van der Waals surface area (Å²) >= 11 is 1.51. The van der Waals surface area contributed by atoms with Gasteiger partial charge in [0.15, 0.2) is 11.6 Å². The van der Waals surface area contributed by atoms with Crippen LogP contribution in [0.2, 0.25) is 0 Å². The maximum Gasteiger partial charge on any atom is 0.325 e. The van der Waals surface area contributed by atoms with Gasteiger partial charge in [0.05, 0.1) is 37.1 Å². The Labute approximate surface area is 207 Å². The molecule has 0 bridgehead atoms. The number of hydrogen-bond donors (Lipinski definition) is 0. The van der Waals surface area contributed by atoms with E-state index in [1.807, 2.05) is 12.1 Å². The molecule has 0 unspecified atom stereocenters. The van der Waals surface area contributed by atoms with Gasteiger partial charge in [0, 0.05) is 48.9 Å². The summed E-state index contributed by atoms with van der Waals surface area (Å²) in [5.74, 6) is 1.18. The zero-order chi connectivity index (χ0) is 24.8. The number of carbonyl (C=O) groups is 2. The number of aromatic nitrogens is 3. The molecule has 11 heteroatoms. The third-order valence-electron chi connectivity index (χ3n) is 5.33. The van der Waals surface area contributed by atoms with Gasteiger partial charge in [-0.05, 0) is 25.1 Å². The van der Waals surface area contributed by atoms with Gasteiger partial charge in [-0.3, -0.25) is 9.59 Å². The monoisotopic (exact) mass is 497 g/mol. The number of methoxy groups -OCH3 is 1. The summed E-state index contributed by atoms with van der Waals surface area (Å²) in [6, 6.07) is 5.58. The molecule has 0 radical (unpaired) electrons. The van der Waals surface area contributed by atoms with Crippen LogP contribution in [-0.4, -0.2) is 85.3 Å². The fourth-order valence-corrected chi connectivity index (χ4v) is 4.54. The van der Waals surface area contributed by atoms with E-state index < -0.39 is 5.97 Å². The van der Waals surface area contributed by atoms with Crippen LogP contribution < -0.4 is 9.64 Å². The van der Waals surface area contributed by atoms with E-state index >= 15 is 0 Å². The zero-order valence-corrected chi connectivity index (χ0v) is 20.7. The number of morpholine rings is 1. The summed E-state index contributed by atoms with van der Waals surface area (Å²) < 4.78 is 16.5. The Morgan fingerprint density at radius 3 is 2.74 bits per heavy atom. The first-order chi connectivity index (χ1) is 17.0. The molecule has 3 aromatic rings. The number of thiophene rings is 1. The molecule has 1 amide bonds. The van der Waals surface area contributed by atoms with Crippen LogP contribution in [0.3, 0.4) is 0 Å². The second-order valence-electron chi connectivity index (χ2n) is 7.76. The quantitative estimate of drug-likeness (QED) is 0.343. The maximum absolute atomic E-state index is 12.4. The third kappa shape index (κ3) is 5.92. The number of rotatable bonds is 8. The topological polar surface area (TPSA) is 107 Å². The molecule has 4 heterocycles. The lowest BCUT2D eigenvalue weighted by Gasteiger charge is -2.28. The third-order valence-corrected chi connectivity index (χ3v) is 6.41. The van der Waals surface area contributed by atoms with E-state index in [2.05, 4.69) is 9.88 Å². The minimum Gasteiger partial charge on any atom is -0.481 e. The lowest BCUT2D eigenvalue weighted by molar-refractivity contribution is -0.146. The van der Waals surface area contributed by atoms with Crippen LogP contribution in [0.5, 0.6) is 5.88 Å². The Hall–Kier alpha value is -3.57. The first-order valence-corrected chi connectivity index (χ1v) is 12.0. The molecular formula is C24H27N5O5S. The molecule has 0 aromatic carbocycles. The maximum atomic E-state index is 12.4. The summed E-state index contributed by atoms with van der Waals surface area (Å²) in [4.78, 5) is 42.4. The average molecular weight is 498 g/mol. The second-order valence-corrected chi connectivity index (χ2v) is 8.84. The standard InChI is InChI=1S/C24H27N5O5S/c1-4-34-21(31)15-28(2)20(30)8-6-17-13-18-22(35-17)24(29-9-11-33-12-10-29)27-23(26-18)16-5-7-19(32-3)25-14-16/h5-8,13-14H,4,9-12,15H2,1-3H3/b8-6+. The molecule has 0 aliphatic carbocycles. The molecule has 1 aliphatic heterocycles. The highest BCUT2D eigenvalue weighted by molar-refractivity contribution is 7.20. The van der Waals surface area contributed by atoms with E-state index in [0.29, 0.717) is 24.9 Å². The van der Waals surface area contributed by atoms with E-state index in [9.17, 15) is 9.59 Å². The van der Waals surface area contributed by atoms with Crippen LogP contribution in [-0.2, 0) is 19.1 Å². The SMILES string of the molecule is CCOC(=O)CN(C)C(=O)/C=C/c1cc2nc(-c3ccc(OC)nc3)nc(N3CCOCC3)c2s1. The van der Waals surface area contributed by atoms with Crippen molar-refractivity contribution in [1.29, 1.82) is 0 Å². The predicted molar refractivity (Wildman–Crippen MR) is 134 cm³/mol. The molecule has 3 aromatic heterocycles. The van der Waals surface area contributed by atoms with Gasteiger partial charge in [0.25, 0.3) is 0 Å². The number of pyridine rings is 1. The molecular weight excluding hydrogens is 470 g/mol. The molecule has 1 aliphatic rings. The van der Waals surface area contributed by atoms with E-state index in [1.54, 1.807) is 39.4 Å². The van der Waals surface area contributed by atoms with Crippen LogP contribution in [0.25, 0.3) is 27.7 Å². The minimum atomic E-state index is -0.440. The summed E-state index contributed by atoms with van der Waals surface area (Å²) in [6.07, 6.45) is 4.86. The van der Waals surface area contributed by atoms with Gasteiger partial charge in [-0.1, -0.05) is 0 Å². The van der Waals surface area contributed by atoms with Crippen LogP contribution in [0, 0.1) is 0 Å². The Morgan fingerprint density at radius 1 is 1.26 bits per heavy atom. The van der Waals surface area contributed by atoms with Crippen molar-refractivity contribution in [3.05, 3.63) is 35.3 Å². The van der Waals surface area contributed by atoms with E-state index in [1.165, 1.54) is 22.3 Å². The number of esters is 1. The molecule has 184 valence electrons. The molecule has 10 nitrogen and oxygen atoms in total. The Bertz CT molecular complexity index is 1220. The van der Waals surface area contributed by atoms with Crippen LogP contribution in [0.4, 0.5) is 5.82 Å². The van der Waals surface area contributed by atoms with Crippen molar-refractivity contribution in [1.82, 2.24) is 19.9 Å². The molecule has 4 rings (SSSR count). The summed E-state index contributed by atoms with van der Waals surface area (Å²) in [6.45, 7) is 4.62. The van der Waals surface area contributed by atoms with Gasteiger partial charge < -0.3 is 24.0 Å². The van der Waals surface area contributed by atoms with Gasteiger partial charge >= 0.3 is 5.97 Å². The van der Waals surface area contributed by atoms with E-state index in [4.69, 9.17) is 24.2 Å². The van der Waals surface area contributed by atoms with Crippen molar-refractivity contribution >= 4 is 45.3 Å². The first kappa shape index (κ1) is 24.6. The highest BCUT2D eigenvalue weighted by atomic mass is 32.1. The lowest BCUT2D eigenvalue weighted by Crippen LogP contribution is -2.36. The van der Waals surface area contributed by atoms with Gasteiger partial charge in [-0.2, -0.15) is 0 Å². The molecule has 0 atom stereocenters. The zero-order valence-electron chi connectivity index (χ0n) is 19.9. The Morgan fingerprint density at radius 2 is 2.06 bits per heavy atom. The van der Waals surface area contributed by atoms with Gasteiger partial charge in [0.2, 0.25) is 11.8 Å². The van der Waals surface area contributed by atoms with E-state index in [0.717, 1.165) is 39.6 Å². The van der Waals surface area contributed by atoms with E-state index in [-0.39, 0.29) is 19.1 Å². The van der Waals surface area contributed by atoms with Crippen molar-refractivity contribution in [2.75, 3.05) is 58.5 Å². The first-order valence-electron chi connectivity index (χ1n) is 11.2. The van der Waals surface area contributed by atoms with Crippen molar-refractivity contribution in [2.24, 2.45) is 0 Å². The minimum absolute atomic E-state index is 0.102. The Kier molecular flexibility index (Phi) is 7.88. The fourth-order valence-electron chi connectivity index (χ4n) is 3.53. The van der Waals surface area contributed by atoms with Crippen molar-refractivity contribution in [2.45, 2.75) is 6.92 Å². The summed E-state index contributed by atoms with van der Waals surface area (Å²) in [5, 5.41) is 0. The number of hydrogen-bond acceptors (Lipinski definition) is 10. The van der Waals surface area contributed by atoms with Crippen molar-refractivity contribution in [3.8, 4) is 17.3 Å². The van der Waals surface area contributed by atoms with Gasteiger partial charge in [0.1, 0.15) is 6.54 Å². The number of fused-ring (bicyclic) bond motifs is 1. The molecule has 1 saturated heterocycles. The molecule has 1 fully saturated rings. The van der Waals surface area contributed by atoms with Crippen LogP contribution in [0.15, 0.2) is 30.5 Å². The number of nitrogens with zero attached hydrogens (tertiary/aromatic N) is 5. The molecule has 0 N–H and O–H groups in total. The van der Waals surface area contributed by atoms with Crippen molar-refractivity contribution in [3.63, 3.8) is 0 Å². The number of amides is 1. The van der Waals surface area contributed by atoms with Crippen molar-refractivity contribution < 1.29 is 23.8 Å². The molecule has 0 saturated carbocycles. The second kappa shape index (κ2) is 11.2. The predicted octanol–water partition coefficient (Wildman–Crippen LogP) is 2.63. The summed E-state index contributed by atoms with van der Waals surface area (Å²) in [5.41, 5.74) is 1.56. The highest BCUT2D eigenvalue weighted by Crippen LogP contribution is 2.35.